The Kier molecular flexibility index (Phi) is 3.37. The Morgan fingerprint density at radius 1 is 1.69 bits per heavy atom. The molecule has 1 aromatic heterocycles. The van der Waals surface area contributed by atoms with Gasteiger partial charge in [-0.1, -0.05) is 0 Å². The van der Waals surface area contributed by atoms with Gasteiger partial charge in [-0.15, -0.1) is 11.3 Å². The predicted molar refractivity (Wildman–Crippen MR) is 49.1 cm³/mol. The zero-order valence-corrected chi connectivity index (χ0v) is 8.65. The first-order chi connectivity index (χ1) is 6.06. The first-order valence-corrected chi connectivity index (χ1v) is 5.89. The third-order valence-corrected chi connectivity index (χ3v) is 4.10. The molecule has 0 spiro atoms. The molecule has 1 aromatic rings. The van der Waals surface area contributed by atoms with Crippen molar-refractivity contribution >= 4 is 21.4 Å². The summed E-state index contributed by atoms with van der Waals surface area (Å²) in [5.41, 5.74) is 0. The lowest BCUT2D eigenvalue weighted by Crippen LogP contribution is -2.25. The van der Waals surface area contributed by atoms with Crippen molar-refractivity contribution in [3.05, 3.63) is 11.2 Å². The molecule has 0 aromatic carbocycles. The molecule has 2 N–H and O–H groups in total. The molecule has 0 fully saturated rings. The summed E-state index contributed by atoms with van der Waals surface area (Å²) in [6, 6.07) is 0. The fourth-order valence-corrected chi connectivity index (χ4v) is 2.89. The van der Waals surface area contributed by atoms with Gasteiger partial charge < -0.3 is 5.11 Å². The van der Waals surface area contributed by atoms with E-state index in [9.17, 15) is 8.42 Å². The number of hydrogen-bond acceptors (Lipinski definition) is 5. The van der Waals surface area contributed by atoms with Gasteiger partial charge in [0.05, 0.1) is 17.8 Å². The van der Waals surface area contributed by atoms with Gasteiger partial charge >= 0.3 is 0 Å². The third kappa shape index (κ3) is 2.73. The molecular weight excluding hydrogens is 212 g/mol. The second-order valence-corrected chi connectivity index (χ2v) is 5.55. The van der Waals surface area contributed by atoms with Gasteiger partial charge in [-0.3, -0.25) is 0 Å². The van der Waals surface area contributed by atoms with Crippen LogP contribution in [0.25, 0.3) is 0 Å². The molecule has 7 heteroatoms. The minimum absolute atomic E-state index is 0.0271. The lowest BCUT2D eigenvalue weighted by Gasteiger charge is -2.00. The summed E-state index contributed by atoms with van der Waals surface area (Å²) in [6.07, 6.45) is 1.31. The number of hydrogen-bond donors (Lipinski definition) is 2. The first-order valence-electron chi connectivity index (χ1n) is 3.59. The van der Waals surface area contributed by atoms with E-state index in [1.54, 1.807) is 6.92 Å². The van der Waals surface area contributed by atoms with Gasteiger partial charge in [-0.05, 0) is 6.92 Å². The zero-order chi connectivity index (χ0) is 9.90. The zero-order valence-electron chi connectivity index (χ0n) is 7.02. The SMILES string of the molecule is Cc1ncc(S(=O)(=O)NCCO)s1. The largest absolute Gasteiger partial charge is 0.395 e. The average Bonchev–Trinajstić information content (AvgIpc) is 2.49. The van der Waals surface area contributed by atoms with Crippen molar-refractivity contribution in [2.75, 3.05) is 13.2 Å². The quantitative estimate of drug-likeness (QED) is 0.734. The van der Waals surface area contributed by atoms with Crippen LogP contribution in [0, 0.1) is 6.92 Å². The normalized spacial score (nSPS) is 11.8. The number of rotatable bonds is 4. The van der Waals surface area contributed by atoms with E-state index >= 15 is 0 Å². The second-order valence-electron chi connectivity index (χ2n) is 2.32. The highest BCUT2D eigenvalue weighted by Gasteiger charge is 2.15. The molecule has 13 heavy (non-hydrogen) atoms. The summed E-state index contributed by atoms with van der Waals surface area (Å²) in [4.78, 5) is 3.83. The summed E-state index contributed by atoms with van der Waals surface area (Å²) in [6.45, 7) is 1.55. The van der Waals surface area contributed by atoms with Crippen molar-refractivity contribution in [1.29, 1.82) is 0 Å². The maximum atomic E-state index is 11.4. The van der Waals surface area contributed by atoms with Crippen molar-refractivity contribution in [2.45, 2.75) is 11.1 Å². The molecule has 0 radical (unpaired) electrons. The molecule has 0 atom stereocenters. The van der Waals surface area contributed by atoms with Crippen molar-refractivity contribution in [3.63, 3.8) is 0 Å². The highest BCUT2D eigenvalue weighted by Crippen LogP contribution is 2.16. The number of nitrogens with zero attached hydrogens (tertiary/aromatic N) is 1. The molecule has 0 aliphatic heterocycles. The summed E-state index contributed by atoms with van der Waals surface area (Å²) in [5, 5.41) is 9.14. The van der Waals surface area contributed by atoms with E-state index in [1.165, 1.54) is 6.20 Å². The second kappa shape index (κ2) is 4.14. The van der Waals surface area contributed by atoms with Crippen LogP contribution in [0.1, 0.15) is 5.01 Å². The number of sulfonamides is 1. The highest BCUT2D eigenvalue weighted by molar-refractivity contribution is 7.91. The lowest BCUT2D eigenvalue weighted by molar-refractivity contribution is 0.301. The van der Waals surface area contributed by atoms with Gasteiger partial charge in [0.25, 0.3) is 10.0 Å². The van der Waals surface area contributed by atoms with Gasteiger partial charge in [0, 0.05) is 6.54 Å². The van der Waals surface area contributed by atoms with Crippen LogP contribution in [0.5, 0.6) is 0 Å². The Morgan fingerprint density at radius 3 is 2.85 bits per heavy atom. The summed E-state index contributed by atoms with van der Waals surface area (Å²) < 4.78 is 25.1. The van der Waals surface area contributed by atoms with Gasteiger partial charge in [0.2, 0.25) is 0 Å². The molecule has 0 aliphatic carbocycles. The molecular formula is C6H10N2O3S2. The van der Waals surface area contributed by atoms with Crippen LogP contribution in [-0.4, -0.2) is 31.7 Å². The molecule has 1 rings (SSSR count). The van der Waals surface area contributed by atoms with Gasteiger partial charge in [0.15, 0.2) is 4.21 Å². The van der Waals surface area contributed by atoms with Crippen LogP contribution in [0.15, 0.2) is 10.4 Å². The van der Waals surface area contributed by atoms with Crippen LogP contribution >= 0.6 is 11.3 Å². The number of aliphatic hydroxyl groups excluding tert-OH is 1. The molecule has 0 saturated heterocycles. The molecule has 5 nitrogen and oxygen atoms in total. The molecule has 0 bridgehead atoms. The standard InChI is InChI=1S/C6H10N2O3S2/c1-5-7-4-6(12-5)13(10,11)8-2-3-9/h4,8-9H,2-3H2,1H3. The Balaban J connectivity index is 2.82. The maximum Gasteiger partial charge on any atom is 0.251 e. The van der Waals surface area contributed by atoms with E-state index in [-0.39, 0.29) is 17.4 Å². The summed E-state index contributed by atoms with van der Waals surface area (Å²) in [5.74, 6) is 0. The van der Waals surface area contributed by atoms with Crippen molar-refractivity contribution < 1.29 is 13.5 Å². The predicted octanol–water partition coefficient (Wildman–Crippen LogP) is -0.278. The Bertz CT molecular complexity index is 371. The highest BCUT2D eigenvalue weighted by atomic mass is 32.2. The molecule has 0 unspecified atom stereocenters. The van der Waals surface area contributed by atoms with Gasteiger partial charge in [-0.25, -0.2) is 18.1 Å². The van der Waals surface area contributed by atoms with E-state index in [4.69, 9.17) is 5.11 Å². The molecule has 74 valence electrons. The topological polar surface area (TPSA) is 79.3 Å². The van der Waals surface area contributed by atoms with E-state index in [1.807, 2.05) is 0 Å². The molecule has 0 amide bonds. The van der Waals surface area contributed by atoms with E-state index < -0.39 is 10.0 Å². The molecule has 0 aliphatic rings. The first kappa shape index (κ1) is 10.6. The lowest BCUT2D eigenvalue weighted by atomic mass is 10.8. The van der Waals surface area contributed by atoms with Crippen molar-refractivity contribution in [2.24, 2.45) is 0 Å². The van der Waals surface area contributed by atoms with Crippen molar-refractivity contribution in [3.8, 4) is 0 Å². The van der Waals surface area contributed by atoms with Crippen LogP contribution in [0.2, 0.25) is 0 Å². The Morgan fingerprint density at radius 2 is 2.38 bits per heavy atom. The molecule has 1 heterocycles. The Labute approximate surface area is 80.5 Å². The monoisotopic (exact) mass is 222 g/mol. The van der Waals surface area contributed by atoms with E-state index in [2.05, 4.69) is 9.71 Å². The van der Waals surface area contributed by atoms with Crippen LogP contribution < -0.4 is 4.72 Å². The maximum absolute atomic E-state index is 11.4. The summed E-state index contributed by atoms with van der Waals surface area (Å²) in [7, 11) is -3.46. The summed E-state index contributed by atoms with van der Waals surface area (Å²) >= 11 is 1.10. The number of nitrogens with one attached hydrogen (secondary N) is 1. The van der Waals surface area contributed by atoms with Gasteiger partial charge in [-0.2, -0.15) is 0 Å². The van der Waals surface area contributed by atoms with E-state index in [0.29, 0.717) is 5.01 Å². The van der Waals surface area contributed by atoms with Crippen LogP contribution in [-0.2, 0) is 10.0 Å². The number of thiazole rings is 1. The van der Waals surface area contributed by atoms with E-state index in [0.717, 1.165) is 11.3 Å². The fourth-order valence-electron chi connectivity index (χ4n) is 0.717. The minimum Gasteiger partial charge on any atom is -0.395 e. The third-order valence-electron chi connectivity index (χ3n) is 1.27. The van der Waals surface area contributed by atoms with Crippen LogP contribution in [0.4, 0.5) is 0 Å². The fraction of sp³-hybridized carbons (Fsp3) is 0.500. The Hall–Kier alpha value is -0.500. The average molecular weight is 222 g/mol. The smallest absolute Gasteiger partial charge is 0.251 e. The van der Waals surface area contributed by atoms with Crippen LogP contribution in [0.3, 0.4) is 0 Å². The number of aliphatic hydroxyl groups is 1. The van der Waals surface area contributed by atoms with Gasteiger partial charge in [0.1, 0.15) is 0 Å². The minimum atomic E-state index is -3.46. The molecule has 0 saturated carbocycles. The van der Waals surface area contributed by atoms with Crippen molar-refractivity contribution in [1.82, 2.24) is 9.71 Å². The number of aromatic nitrogens is 1. The number of aryl methyl sites for hydroxylation is 1.